The topological polar surface area (TPSA) is 45.3 Å². The van der Waals surface area contributed by atoms with E-state index in [4.69, 9.17) is 4.74 Å². The number of ether oxygens (including phenoxy) is 1. The molecule has 4 unspecified atom stereocenters. The molecule has 1 saturated heterocycles. The molecule has 0 aliphatic carbocycles. The minimum absolute atomic E-state index is 0.122. The van der Waals surface area contributed by atoms with Gasteiger partial charge in [-0.05, 0) is 38.9 Å². The lowest BCUT2D eigenvalue weighted by Gasteiger charge is -2.27. The second kappa shape index (κ2) is 7.07. The van der Waals surface area contributed by atoms with Gasteiger partial charge in [-0.15, -0.1) is 0 Å². The molecule has 0 aromatic heterocycles. The van der Waals surface area contributed by atoms with E-state index in [1.807, 2.05) is 18.2 Å². The maximum absolute atomic E-state index is 6.16. The van der Waals surface area contributed by atoms with Crippen LogP contribution in [-0.4, -0.2) is 31.3 Å². The average molecular weight is 277 g/mol. The molecule has 1 aromatic carbocycles. The maximum atomic E-state index is 6.16. The number of aryl methyl sites for hydroxylation is 1. The van der Waals surface area contributed by atoms with Crippen molar-refractivity contribution in [3.8, 4) is 5.75 Å². The van der Waals surface area contributed by atoms with Crippen molar-refractivity contribution in [2.75, 3.05) is 13.1 Å². The van der Waals surface area contributed by atoms with E-state index >= 15 is 0 Å². The molecule has 1 heterocycles. The fourth-order valence-electron chi connectivity index (χ4n) is 2.80. The fraction of sp³-hybridized carbons (Fsp3) is 0.625. The summed E-state index contributed by atoms with van der Waals surface area (Å²) in [7, 11) is 0. The molecule has 20 heavy (non-hydrogen) atoms. The molecule has 4 heteroatoms. The van der Waals surface area contributed by atoms with Crippen LogP contribution in [0.3, 0.4) is 0 Å². The van der Waals surface area contributed by atoms with Crippen molar-refractivity contribution in [3.05, 3.63) is 29.8 Å². The quantitative estimate of drug-likeness (QED) is 0.742. The predicted molar refractivity (Wildman–Crippen MR) is 82.8 cm³/mol. The van der Waals surface area contributed by atoms with Crippen LogP contribution in [0, 0.1) is 12.8 Å². The summed E-state index contributed by atoms with van der Waals surface area (Å²) < 4.78 is 6.16. The average Bonchev–Trinajstić information content (AvgIpc) is 2.80. The highest BCUT2D eigenvalue weighted by molar-refractivity contribution is 5.32. The van der Waals surface area contributed by atoms with Gasteiger partial charge < -0.3 is 10.1 Å². The minimum atomic E-state index is 0.122. The zero-order valence-electron chi connectivity index (χ0n) is 12.9. The molecular formula is C16H27N3O. The maximum Gasteiger partial charge on any atom is 0.122 e. The van der Waals surface area contributed by atoms with Gasteiger partial charge in [0.05, 0.1) is 6.04 Å². The second-order valence-electron chi connectivity index (χ2n) is 5.66. The van der Waals surface area contributed by atoms with Gasteiger partial charge in [0.1, 0.15) is 11.9 Å². The van der Waals surface area contributed by atoms with Gasteiger partial charge >= 0.3 is 0 Å². The van der Waals surface area contributed by atoms with E-state index < -0.39 is 0 Å². The Morgan fingerprint density at radius 3 is 2.75 bits per heavy atom. The molecule has 1 aliphatic heterocycles. The molecule has 4 nitrogen and oxygen atoms in total. The third kappa shape index (κ3) is 3.51. The lowest BCUT2D eigenvalue weighted by molar-refractivity contribution is 0.152. The Bertz CT molecular complexity index is 424. The summed E-state index contributed by atoms with van der Waals surface area (Å²) in [6, 6.07) is 8.94. The van der Waals surface area contributed by atoms with Crippen molar-refractivity contribution in [1.82, 2.24) is 16.2 Å². The van der Waals surface area contributed by atoms with Crippen molar-refractivity contribution in [1.29, 1.82) is 0 Å². The van der Waals surface area contributed by atoms with E-state index in [0.717, 1.165) is 18.8 Å². The van der Waals surface area contributed by atoms with Crippen LogP contribution in [-0.2, 0) is 0 Å². The van der Waals surface area contributed by atoms with Gasteiger partial charge in [-0.25, -0.2) is 0 Å². The zero-order chi connectivity index (χ0) is 14.5. The Morgan fingerprint density at radius 2 is 2.05 bits per heavy atom. The summed E-state index contributed by atoms with van der Waals surface area (Å²) in [6.45, 7) is 10.6. The van der Waals surface area contributed by atoms with Crippen LogP contribution in [0.25, 0.3) is 0 Å². The van der Waals surface area contributed by atoms with Gasteiger partial charge in [-0.3, -0.25) is 10.9 Å². The summed E-state index contributed by atoms with van der Waals surface area (Å²) in [5.74, 6) is 1.50. The van der Waals surface area contributed by atoms with Gasteiger partial charge in [0.15, 0.2) is 0 Å². The summed E-state index contributed by atoms with van der Waals surface area (Å²) in [5.41, 5.74) is 7.91. The van der Waals surface area contributed by atoms with Gasteiger partial charge in [0.2, 0.25) is 0 Å². The highest BCUT2D eigenvalue weighted by Crippen LogP contribution is 2.23. The lowest BCUT2D eigenvalue weighted by atomic mass is 9.92. The van der Waals surface area contributed by atoms with E-state index in [1.165, 1.54) is 5.56 Å². The highest BCUT2D eigenvalue weighted by atomic mass is 16.5. The summed E-state index contributed by atoms with van der Waals surface area (Å²) in [4.78, 5) is 0. The minimum Gasteiger partial charge on any atom is -0.489 e. The molecule has 3 N–H and O–H groups in total. The van der Waals surface area contributed by atoms with Crippen LogP contribution in [0.2, 0.25) is 0 Å². The summed E-state index contributed by atoms with van der Waals surface area (Å²) in [5, 5.41) is 3.45. The first-order valence-corrected chi connectivity index (χ1v) is 7.57. The van der Waals surface area contributed by atoms with E-state index in [-0.39, 0.29) is 6.10 Å². The second-order valence-corrected chi connectivity index (χ2v) is 5.66. The van der Waals surface area contributed by atoms with Crippen LogP contribution < -0.4 is 20.9 Å². The fourth-order valence-corrected chi connectivity index (χ4v) is 2.80. The molecule has 1 aromatic rings. The van der Waals surface area contributed by atoms with Crippen molar-refractivity contribution < 1.29 is 4.74 Å². The van der Waals surface area contributed by atoms with Crippen molar-refractivity contribution in [2.45, 2.75) is 45.9 Å². The van der Waals surface area contributed by atoms with Gasteiger partial charge in [0.25, 0.3) is 0 Å². The van der Waals surface area contributed by atoms with Crippen molar-refractivity contribution >= 4 is 0 Å². The first-order valence-electron chi connectivity index (χ1n) is 7.57. The Labute approximate surface area is 122 Å². The Morgan fingerprint density at radius 1 is 1.30 bits per heavy atom. The Balaban J connectivity index is 2.00. The molecule has 0 saturated carbocycles. The monoisotopic (exact) mass is 277 g/mol. The normalized spacial score (nSPS) is 27.5. The smallest absolute Gasteiger partial charge is 0.122 e. The summed E-state index contributed by atoms with van der Waals surface area (Å²) >= 11 is 0. The van der Waals surface area contributed by atoms with Gasteiger partial charge in [0, 0.05) is 18.5 Å². The highest BCUT2D eigenvalue weighted by Gasteiger charge is 2.37. The number of nitrogens with one attached hydrogen (secondary N) is 3. The van der Waals surface area contributed by atoms with Crippen molar-refractivity contribution in [3.63, 3.8) is 0 Å². The molecule has 0 radical (unpaired) electrons. The van der Waals surface area contributed by atoms with Crippen LogP contribution in [0.5, 0.6) is 5.75 Å². The third-order valence-corrected chi connectivity index (χ3v) is 4.12. The molecular weight excluding hydrogens is 250 g/mol. The predicted octanol–water partition coefficient (Wildman–Crippen LogP) is 1.85. The number of hydrogen-bond donors (Lipinski definition) is 3. The number of hydrogen-bond acceptors (Lipinski definition) is 4. The van der Waals surface area contributed by atoms with Crippen LogP contribution in [0.4, 0.5) is 0 Å². The number of hydrazine groups is 1. The largest absolute Gasteiger partial charge is 0.489 e. The standard InChI is InChI=1S/C16H27N3O/c1-5-17-10-14-12(3)18-19-16(14)13(4)20-15-9-7-6-8-11(15)2/h6-9,12-14,16-19H,5,10H2,1-4H3. The molecule has 1 aliphatic rings. The van der Waals surface area contributed by atoms with Crippen molar-refractivity contribution in [2.24, 2.45) is 5.92 Å². The molecule has 2 rings (SSSR count). The Kier molecular flexibility index (Phi) is 5.40. The van der Waals surface area contributed by atoms with Crippen LogP contribution in [0.1, 0.15) is 26.3 Å². The molecule has 0 spiro atoms. The SMILES string of the molecule is CCNCC1C(C)NNC1C(C)Oc1ccccc1C. The first-order chi connectivity index (χ1) is 9.63. The Hall–Kier alpha value is -1.10. The molecule has 4 atom stereocenters. The van der Waals surface area contributed by atoms with E-state index in [9.17, 15) is 0 Å². The van der Waals surface area contributed by atoms with Crippen LogP contribution in [0.15, 0.2) is 24.3 Å². The number of rotatable bonds is 6. The third-order valence-electron chi connectivity index (χ3n) is 4.12. The first kappa shape index (κ1) is 15.3. The summed E-state index contributed by atoms with van der Waals surface area (Å²) in [6.07, 6.45) is 0.122. The molecule has 0 bridgehead atoms. The zero-order valence-corrected chi connectivity index (χ0v) is 12.9. The lowest BCUT2D eigenvalue weighted by Crippen LogP contribution is -2.45. The van der Waals surface area contributed by atoms with Gasteiger partial charge in [-0.2, -0.15) is 0 Å². The van der Waals surface area contributed by atoms with E-state index in [1.54, 1.807) is 0 Å². The van der Waals surface area contributed by atoms with E-state index in [0.29, 0.717) is 18.0 Å². The number of benzene rings is 1. The van der Waals surface area contributed by atoms with E-state index in [2.05, 4.69) is 49.9 Å². The molecule has 0 amide bonds. The molecule has 112 valence electrons. The van der Waals surface area contributed by atoms with Crippen LogP contribution >= 0.6 is 0 Å². The van der Waals surface area contributed by atoms with Gasteiger partial charge in [-0.1, -0.05) is 25.1 Å². The molecule has 1 fully saturated rings. The number of para-hydroxylation sites is 1.